The summed E-state index contributed by atoms with van der Waals surface area (Å²) >= 11 is 0. The van der Waals surface area contributed by atoms with Crippen molar-refractivity contribution in [1.82, 2.24) is 0 Å². The molecule has 0 aliphatic carbocycles. The number of hydrogen-bond acceptors (Lipinski definition) is 6. The quantitative estimate of drug-likeness (QED) is 0.0262. The van der Waals surface area contributed by atoms with E-state index in [-0.39, 0.29) is 44.0 Å². The maximum Gasteiger partial charge on any atom is 0.306 e. The van der Waals surface area contributed by atoms with Crippen LogP contribution in [0, 0.1) is 0 Å². The van der Waals surface area contributed by atoms with Crippen molar-refractivity contribution >= 4 is 17.9 Å². The molecule has 6 heteroatoms. The van der Waals surface area contributed by atoms with Crippen LogP contribution < -0.4 is 0 Å². The molecule has 0 amide bonds. The van der Waals surface area contributed by atoms with Crippen molar-refractivity contribution in [3.63, 3.8) is 0 Å². The van der Waals surface area contributed by atoms with Gasteiger partial charge >= 0.3 is 17.9 Å². The fourth-order valence-electron chi connectivity index (χ4n) is 6.38. The number of hydrogen-bond donors (Lipinski definition) is 0. The zero-order chi connectivity index (χ0) is 49.3. The topological polar surface area (TPSA) is 78.9 Å². The molecule has 6 nitrogen and oxygen atoms in total. The predicted octanol–water partition coefficient (Wildman–Crippen LogP) is 17.6. The average Bonchev–Trinajstić information content (AvgIpc) is 3.34. The highest BCUT2D eigenvalue weighted by atomic mass is 16.6. The van der Waals surface area contributed by atoms with Crippen LogP contribution in [0.5, 0.6) is 0 Å². The Morgan fingerprint density at radius 2 is 0.574 bits per heavy atom. The molecule has 0 rings (SSSR count). The molecule has 376 valence electrons. The predicted molar refractivity (Wildman–Crippen MR) is 292 cm³/mol. The van der Waals surface area contributed by atoms with Gasteiger partial charge in [-0.15, -0.1) is 0 Å². The lowest BCUT2D eigenvalue weighted by Gasteiger charge is -2.18. The first kappa shape index (κ1) is 62.8. The Labute approximate surface area is 415 Å². The molecule has 1 atom stereocenters. The van der Waals surface area contributed by atoms with Gasteiger partial charge in [0.2, 0.25) is 0 Å². The number of esters is 3. The van der Waals surface area contributed by atoms with Crippen molar-refractivity contribution in [3.05, 3.63) is 170 Å². The lowest BCUT2D eigenvalue weighted by molar-refractivity contribution is -0.167. The molecule has 0 aromatic heterocycles. The molecule has 68 heavy (non-hydrogen) atoms. The third kappa shape index (κ3) is 51.7. The summed E-state index contributed by atoms with van der Waals surface area (Å²) in [7, 11) is 0. The van der Waals surface area contributed by atoms with Crippen LogP contribution in [0.15, 0.2) is 170 Å². The second-order valence-electron chi connectivity index (χ2n) is 16.7. The van der Waals surface area contributed by atoms with E-state index >= 15 is 0 Å². The number of ether oxygens (including phenoxy) is 3. The van der Waals surface area contributed by atoms with E-state index in [1.807, 2.05) is 79.0 Å². The minimum atomic E-state index is -0.828. The fourth-order valence-corrected chi connectivity index (χ4v) is 6.38. The molecule has 0 radical (unpaired) electrons. The fraction of sp³-hybridized carbons (Fsp3) is 0.500. The molecule has 0 aliphatic rings. The minimum Gasteiger partial charge on any atom is -0.462 e. The van der Waals surface area contributed by atoms with Gasteiger partial charge < -0.3 is 14.2 Å². The molecule has 0 aromatic carbocycles. The van der Waals surface area contributed by atoms with Crippen molar-refractivity contribution in [2.45, 2.75) is 187 Å². The van der Waals surface area contributed by atoms with E-state index in [2.05, 4.69) is 112 Å². The Bertz CT molecular complexity index is 1640. The van der Waals surface area contributed by atoms with Crippen molar-refractivity contribution < 1.29 is 28.6 Å². The van der Waals surface area contributed by atoms with E-state index in [9.17, 15) is 14.4 Å². The number of carbonyl (C=O) groups excluding carboxylic acids is 3. The van der Waals surface area contributed by atoms with Gasteiger partial charge in [0.15, 0.2) is 6.10 Å². The van der Waals surface area contributed by atoms with Gasteiger partial charge in [-0.1, -0.05) is 249 Å². The van der Waals surface area contributed by atoms with Crippen molar-refractivity contribution in [1.29, 1.82) is 0 Å². The number of carbonyl (C=O) groups is 3. The van der Waals surface area contributed by atoms with Crippen molar-refractivity contribution in [2.75, 3.05) is 13.2 Å². The van der Waals surface area contributed by atoms with Gasteiger partial charge in [0.05, 0.1) is 0 Å². The lowest BCUT2D eigenvalue weighted by Crippen LogP contribution is -2.30. The lowest BCUT2D eigenvalue weighted by atomic mass is 10.1. The first-order valence-electron chi connectivity index (χ1n) is 26.3. The van der Waals surface area contributed by atoms with E-state index < -0.39 is 6.10 Å². The summed E-state index contributed by atoms with van der Waals surface area (Å²) in [6.45, 7) is 6.21. The Morgan fingerprint density at radius 1 is 0.309 bits per heavy atom. The summed E-state index contributed by atoms with van der Waals surface area (Å²) in [5.41, 5.74) is 0. The third-order valence-electron chi connectivity index (χ3n) is 10.3. The zero-order valence-corrected chi connectivity index (χ0v) is 42.8. The van der Waals surface area contributed by atoms with E-state index in [4.69, 9.17) is 14.2 Å². The van der Waals surface area contributed by atoms with Crippen LogP contribution in [0.3, 0.4) is 0 Å². The van der Waals surface area contributed by atoms with Crippen LogP contribution >= 0.6 is 0 Å². The van der Waals surface area contributed by atoms with E-state index in [0.29, 0.717) is 12.8 Å². The molecule has 0 N–H and O–H groups in total. The second-order valence-corrected chi connectivity index (χ2v) is 16.7. The van der Waals surface area contributed by atoms with Crippen LogP contribution in [0.2, 0.25) is 0 Å². The molecule has 0 aromatic rings. The van der Waals surface area contributed by atoms with Gasteiger partial charge in [-0.05, 0) is 83.5 Å². The smallest absolute Gasteiger partial charge is 0.306 e. The summed E-state index contributed by atoms with van der Waals surface area (Å²) < 4.78 is 16.7. The summed E-state index contributed by atoms with van der Waals surface area (Å²) in [5.74, 6) is -1.03. The van der Waals surface area contributed by atoms with E-state index in [1.165, 1.54) is 19.3 Å². The number of allylic oxidation sites excluding steroid dienone is 28. The van der Waals surface area contributed by atoms with Crippen LogP contribution in [0.4, 0.5) is 0 Å². The molecule has 0 saturated carbocycles. The molecule has 1 unspecified atom stereocenters. The zero-order valence-electron chi connectivity index (χ0n) is 42.8. The molecule has 0 aliphatic heterocycles. The Morgan fingerprint density at radius 3 is 0.912 bits per heavy atom. The van der Waals surface area contributed by atoms with Crippen LogP contribution in [0.1, 0.15) is 181 Å². The summed E-state index contributed by atoms with van der Waals surface area (Å²) in [6, 6.07) is 0. The molecule has 0 heterocycles. The first-order valence-corrected chi connectivity index (χ1v) is 26.3. The SMILES string of the molecule is CC\C=C/C=C\C=C/C=C\C=C\C=C/C=C\CCCCCC(=O)OCC(COC(=O)CCCCCCC\C=C/C=C\C=C/CC)OC(=O)CCCCCCC\C=C/C=C\C=C/C=C\CCCCC. The van der Waals surface area contributed by atoms with E-state index in [0.717, 1.165) is 116 Å². The molecule has 0 fully saturated rings. The number of unbranched alkanes of at least 4 members (excludes halogenated alkanes) is 16. The Balaban J connectivity index is 4.62. The van der Waals surface area contributed by atoms with Gasteiger partial charge in [0.25, 0.3) is 0 Å². The third-order valence-corrected chi connectivity index (χ3v) is 10.3. The molecule has 0 saturated heterocycles. The van der Waals surface area contributed by atoms with Gasteiger partial charge in [0.1, 0.15) is 13.2 Å². The minimum absolute atomic E-state index is 0.123. The summed E-state index contributed by atoms with van der Waals surface area (Å²) in [5, 5.41) is 0. The highest BCUT2D eigenvalue weighted by molar-refractivity contribution is 5.71. The molecular formula is C62H92O6. The van der Waals surface area contributed by atoms with Crippen LogP contribution in [-0.4, -0.2) is 37.2 Å². The van der Waals surface area contributed by atoms with Gasteiger partial charge in [0, 0.05) is 19.3 Å². The van der Waals surface area contributed by atoms with Crippen LogP contribution in [0.25, 0.3) is 0 Å². The first-order chi connectivity index (χ1) is 33.5. The van der Waals surface area contributed by atoms with Crippen molar-refractivity contribution in [2.24, 2.45) is 0 Å². The van der Waals surface area contributed by atoms with Gasteiger partial charge in [-0.3, -0.25) is 14.4 Å². The summed E-state index contributed by atoms with van der Waals surface area (Å²) in [6.07, 6.45) is 80.4. The maximum absolute atomic E-state index is 12.8. The van der Waals surface area contributed by atoms with Gasteiger partial charge in [-0.2, -0.15) is 0 Å². The standard InChI is InChI=1S/C62H92O6/c1-4-7-10-13-16-19-22-25-27-29-31-33-34-37-40-43-46-49-52-55-61(64)67-58-59(57-66-60(63)54-51-48-45-42-39-36-24-21-18-15-12-9-6-3)68-62(65)56-53-50-47-44-41-38-35-32-30-28-26-23-20-17-14-11-8-5-2/h7,9-10,12-13,15-35,37,40,59H,4-6,8,11,14,36,38-39,41-58H2,1-3H3/b10-7-,12-9-,16-13-,18-15-,20-17-,22-19-,24-21-,26-23-,27-25-,30-28-,31-29+,34-33-,35-32-,40-37-. The van der Waals surface area contributed by atoms with E-state index in [1.54, 1.807) is 0 Å². The largest absolute Gasteiger partial charge is 0.462 e. The number of rotatable bonds is 44. The highest BCUT2D eigenvalue weighted by Gasteiger charge is 2.19. The molecule has 0 bridgehead atoms. The summed E-state index contributed by atoms with van der Waals surface area (Å²) in [4.78, 5) is 38.0. The van der Waals surface area contributed by atoms with Crippen molar-refractivity contribution in [3.8, 4) is 0 Å². The van der Waals surface area contributed by atoms with Gasteiger partial charge in [-0.25, -0.2) is 0 Å². The normalized spacial score (nSPS) is 13.5. The maximum atomic E-state index is 12.8. The Kier molecular flexibility index (Phi) is 50.2. The highest BCUT2D eigenvalue weighted by Crippen LogP contribution is 2.12. The average molecular weight is 933 g/mol. The monoisotopic (exact) mass is 933 g/mol. The molecular weight excluding hydrogens is 841 g/mol. The van der Waals surface area contributed by atoms with Crippen LogP contribution in [-0.2, 0) is 28.6 Å². The molecule has 0 spiro atoms. The second kappa shape index (κ2) is 54.4. The Hall–Kier alpha value is -5.23.